The highest BCUT2D eigenvalue weighted by atomic mass is 19.1. The summed E-state index contributed by atoms with van der Waals surface area (Å²) >= 11 is 0. The number of aryl methyl sites for hydroxylation is 1. The van der Waals surface area contributed by atoms with E-state index >= 15 is 0 Å². The normalized spacial score (nSPS) is 25.0. The van der Waals surface area contributed by atoms with Gasteiger partial charge in [-0.15, -0.1) is 0 Å². The molecular weight excluding hydrogens is 317 g/mol. The van der Waals surface area contributed by atoms with Gasteiger partial charge in [-0.25, -0.2) is 4.39 Å². The molecule has 1 aliphatic carbocycles. The van der Waals surface area contributed by atoms with Crippen LogP contribution in [0.15, 0.2) is 24.4 Å². The fourth-order valence-electron chi connectivity index (χ4n) is 4.65. The van der Waals surface area contributed by atoms with Gasteiger partial charge in [0.05, 0.1) is 5.52 Å². The summed E-state index contributed by atoms with van der Waals surface area (Å²) in [5.74, 6) is 0.0505. The van der Waals surface area contributed by atoms with Crippen molar-refractivity contribution in [2.75, 3.05) is 26.2 Å². The first-order valence-corrected chi connectivity index (χ1v) is 9.30. The fraction of sp³-hybridized carbons (Fsp3) is 0.550. The van der Waals surface area contributed by atoms with Crippen molar-refractivity contribution in [3.63, 3.8) is 0 Å². The molecule has 2 unspecified atom stereocenters. The minimum Gasteiger partial charge on any atom is -0.344 e. The zero-order valence-corrected chi connectivity index (χ0v) is 15.0. The van der Waals surface area contributed by atoms with Gasteiger partial charge in [0.2, 0.25) is 5.91 Å². The Morgan fingerprint density at radius 3 is 2.52 bits per heavy atom. The van der Waals surface area contributed by atoms with Crippen LogP contribution in [-0.2, 0) is 4.79 Å². The number of carbonyl (C=O) groups is 1. The fourth-order valence-corrected chi connectivity index (χ4v) is 4.65. The number of amides is 1. The van der Waals surface area contributed by atoms with Crippen molar-refractivity contribution >= 4 is 16.8 Å². The number of hydrogen-bond donors (Lipinski definition) is 0. The van der Waals surface area contributed by atoms with Crippen molar-refractivity contribution < 1.29 is 9.18 Å². The molecule has 0 N–H and O–H groups in total. The SMILES string of the molecule is CC(=O)N1CCN(C2CCC(n3ccc4c(F)ccc(C)c43)C2)CC1. The second-order valence-corrected chi connectivity index (χ2v) is 7.51. The Kier molecular flexibility index (Phi) is 4.28. The van der Waals surface area contributed by atoms with E-state index in [0.29, 0.717) is 12.1 Å². The third kappa shape index (κ3) is 2.95. The van der Waals surface area contributed by atoms with E-state index in [-0.39, 0.29) is 11.7 Å². The molecule has 2 aromatic rings. The third-order valence-corrected chi connectivity index (χ3v) is 6.07. The largest absolute Gasteiger partial charge is 0.344 e. The Bertz CT molecular complexity index is 792. The predicted molar refractivity (Wildman–Crippen MR) is 97.1 cm³/mol. The second kappa shape index (κ2) is 6.45. The summed E-state index contributed by atoms with van der Waals surface area (Å²) in [4.78, 5) is 16.0. The van der Waals surface area contributed by atoms with E-state index < -0.39 is 0 Å². The lowest BCUT2D eigenvalue weighted by Crippen LogP contribution is -2.51. The molecule has 4 nitrogen and oxygen atoms in total. The van der Waals surface area contributed by atoms with Crippen LogP contribution in [0, 0.1) is 12.7 Å². The topological polar surface area (TPSA) is 28.5 Å². The highest BCUT2D eigenvalue weighted by molar-refractivity contribution is 5.84. The molecule has 2 fully saturated rings. The number of nitrogens with zero attached hydrogens (tertiary/aromatic N) is 3. The molecule has 1 aliphatic heterocycles. The van der Waals surface area contributed by atoms with E-state index in [1.807, 2.05) is 17.0 Å². The van der Waals surface area contributed by atoms with Crippen LogP contribution in [0.4, 0.5) is 4.39 Å². The molecule has 0 bridgehead atoms. The molecule has 4 rings (SSSR count). The number of halogens is 1. The quantitative estimate of drug-likeness (QED) is 0.837. The Balaban J connectivity index is 1.48. The van der Waals surface area contributed by atoms with E-state index in [0.717, 1.165) is 55.5 Å². The summed E-state index contributed by atoms with van der Waals surface area (Å²) in [7, 11) is 0. The summed E-state index contributed by atoms with van der Waals surface area (Å²) in [6, 6.07) is 6.37. The van der Waals surface area contributed by atoms with Gasteiger partial charge in [-0.05, 0) is 43.9 Å². The number of carbonyl (C=O) groups excluding carboxylic acids is 1. The summed E-state index contributed by atoms with van der Waals surface area (Å²) < 4.78 is 16.4. The molecule has 1 amide bonds. The van der Waals surface area contributed by atoms with Crippen LogP contribution in [-0.4, -0.2) is 52.5 Å². The first-order chi connectivity index (χ1) is 12.0. The van der Waals surface area contributed by atoms with Crippen LogP contribution in [0.2, 0.25) is 0 Å². The lowest BCUT2D eigenvalue weighted by Gasteiger charge is -2.37. The maximum absolute atomic E-state index is 14.1. The highest BCUT2D eigenvalue weighted by Gasteiger charge is 2.32. The molecule has 1 saturated heterocycles. The molecule has 2 aliphatic rings. The summed E-state index contributed by atoms with van der Waals surface area (Å²) in [6.45, 7) is 7.33. The van der Waals surface area contributed by atoms with E-state index in [1.54, 1.807) is 13.0 Å². The molecule has 2 heterocycles. The molecule has 1 aromatic heterocycles. The zero-order valence-electron chi connectivity index (χ0n) is 15.0. The predicted octanol–water partition coefficient (Wildman–Crippen LogP) is 3.35. The van der Waals surface area contributed by atoms with E-state index in [1.165, 1.54) is 6.42 Å². The molecular formula is C20H26FN3O. The Morgan fingerprint density at radius 1 is 1.08 bits per heavy atom. The Hall–Kier alpha value is -1.88. The van der Waals surface area contributed by atoms with Crippen LogP contribution < -0.4 is 0 Å². The molecule has 0 radical (unpaired) electrons. The monoisotopic (exact) mass is 343 g/mol. The summed E-state index contributed by atoms with van der Waals surface area (Å²) in [5, 5.41) is 0.735. The van der Waals surface area contributed by atoms with Crippen molar-refractivity contribution in [3.8, 4) is 0 Å². The minimum atomic E-state index is -0.130. The minimum absolute atomic E-state index is 0.130. The van der Waals surface area contributed by atoms with Gasteiger partial charge in [0, 0.05) is 56.8 Å². The number of rotatable bonds is 2. The van der Waals surface area contributed by atoms with Crippen molar-refractivity contribution in [1.29, 1.82) is 0 Å². The number of hydrogen-bond acceptors (Lipinski definition) is 2. The van der Waals surface area contributed by atoms with E-state index in [9.17, 15) is 9.18 Å². The van der Waals surface area contributed by atoms with Crippen LogP contribution >= 0.6 is 0 Å². The molecule has 0 spiro atoms. The summed E-state index contributed by atoms with van der Waals surface area (Å²) in [5.41, 5.74) is 2.19. The lowest BCUT2D eigenvalue weighted by molar-refractivity contribution is -0.130. The number of fused-ring (bicyclic) bond motifs is 1. The molecule has 5 heteroatoms. The Labute approximate surface area is 148 Å². The summed E-state index contributed by atoms with van der Waals surface area (Å²) in [6.07, 6.45) is 5.48. The number of benzene rings is 1. The Morgan fingerprint density at radius 2 is 1.80 bits per heavy atom. The van der Waals surface area contributed by atoms with Gasteiger partial charge < -0.3 is 9.47 Å². The van der Waals surface area contributed by atoms with Gasteiger partial charge in [0.25, 0.3) is 0 Å². The van der Waals surface area contributed by atoms with Gasteiger partial charge >= 0.3 is 0 Å². The van der Waals surface area contributed by atoms with Crippen molar-refractivity contribution in [1.82, 2.24) is 14.4 Å². The molecule has 134 valence electrons. The second-order valence-electron chi connectivity index (χ2n) is 7.51. The van der Waals surface area contributed by atoms with Gasteiger partial charge in [-0.2, -0.15) is 0 Å². The van der Waals surface area contributed by atoms with Crippen LogP contribution in [0.25, 0.3) is 10.9 Å². The smallest absolute Gasteiger partial charge is 0.219 e. The standard InChI is InChI=1S/C20H26FN3O/c1-14-3-6-19(21)18-7-8-24(20(14)18)17-5-4-16(13-17)23-11-9-22(10-12-23)15(2)25/h3,6-8,16-17H,4-5,9-13H2,1-2H3. The number of aromatic nitrogens is 1. The van der Waals surface area contributed by atoms with Crippen LogP contribution in [0.1, 0.15) is 37.8 Å². The van der Waals surface area contributed by atoms with Gasteiger partial charge in [-0.3, -0.25) is 9.69 Å². The van der Waals surface area contributed by atoms with Gasteiger partial charge in [-0.1, -0.05) is 6.07 Å². The van der Waals surface area contributed by atoms with Crippen molar-refractivity contribution in [2.45, 2.75) is 45.2 Å². The van der Waals surface area contributed by atoms with Gasteiger partial charge in [0.15, 0.2) is 0 Å². The zero-order chi connectivity index (χ0) is 17.6. The molecule has 2 atom stereocenters. The van der Waals surface area contributed by atoms with E-state index in [4.69, 9.17) is 0 Å². The third-order valence-electron chi connectivity index (χ3n) is 6.07. The molecule has 1 aromatic carbocycles. The van der Waals surface area contributed by atoms with E-state index in [2.05, 4.69) is 22.6 Å². The maximum atomic E-state index is 14.1. The first kappa shape index (κ1) is 16.6. The number of piperazine rings is 1. The highest BCUT2D eigenvalue weighted by Crippen LogP contribution is 2.37. The first-order valence-electron chi connectivity index (χ1n) is 9.30. The van der Waals surface area contributed by atoms with Crippen LogP contribution in [0.3, 0.4) is 0 Å². The van der Waals surface area contributed by atoms with Gasteiger partial charge in [0.1, 0.15) is 5.82 Å². The van der Waals surface area contributed by atoms with Crippen LogP contribution in [0.5, 0.6) is 0 Å². The van der Waals surface area contributed by atoms with Crippen molar-refractivity contribution in [3.05, 3.63) is 35.8 Å². The average Bonchev–Trinajstić information content (AvgIpc) is 3.25. The lowest BCUT2D eigenvalue weighted by atomic mass is 10.1. The maximum Gasteiger partial charge on any atom is 0.219 e. The van der Waals surface area contributed by atoms with Crippen molar-refractivity contribution in [2.24, 2.45) is 0 Å². The molecule has 25 heavy (non-hydrogen) atoms. The average molecular weight is 343 g/mol. The molecule has 1 saturated carbocycles.